The smallest absolute Gasteiger partial charge is 0.302 e. The average Bonchev–Trinajstić information content (AvgIpc) is 3.59. The molecule has 6 atom stereocenters. The second kappa shape index (κ2) is 6.28. The lowest BCUT2D eigenvalue weighted by Crippen LogP contribution is -2.51. The van der Waals surface area contributed by atoms with Gasteiger partial charge in [-0.25, -0.2) is 9.34 Å². The highest BCUT2D eigenvalue weighted by molar-refractivity contribution is 7.54. The van der Waals surface area contributed by atoms with E-state index >= 15 is 0 Å². The monoisotopic (exact) mass is 418 g/mol. The van der Waals surface area contributed by atoms with E-state index in [4.69, 9.17) is 4.52 Å². The average molecular weight is 419 g/mol. The zero-order valence-corrected chi connectivity index (χ0v) is 18.8. The minimum atomic E-state index is -2.76. The number of ketones is 1. The predicted octanol–water partition coefficient (Wildman–Crippen LogP) is 4.64. The summed E-state index contributed by atoms with van der Waals surface area (Å²) < 4.78 is 24.4. The first-order valence-electron chi connectivity index (χ1n) is 11.9. The number of allylic oxidation sites excluding steroid dienone is 1. The van der Waals surface area contributed by atoms with Crippen molar-refractivity contribution in [2.24, 2.45) is 28.6 Å². The van der Waals surface area contributed by atoms with Gasteiger partial charge < -0.3 is 4.52 Å². The third-order valence-corrected chi connectivity index (χ3v) is 12.5. The van der Waals surface area contributed by atoms with Crippen molar-refractivity contribution < 1.29 is 13.9 Å². The standard InChI is InChI=1S/C23H35N2O3P/c1-22-9-7-17(26)15-16(22)3-4-18-19-5-6-21(23(19,2)10-8-20(18)22)28-29(27,24-11-12-24)25-13-14-25/h15,18-21H,3-14H2,1-2H3/t18-,19-,20-,21-,22-,23-/m0/s1. The Kier molecular flexibility index (Phi) is 4.16. The van der Waals surface area contributed by atoms with Gasteiger partial charge >= 0.3 is 7.67 Å². The molecule has 6 heteroatoms. The van der Waals surface area contributed by atoms with Crippen molar-refractivity contribution in [2.75, 3.05) is 26.2 Å². The van der Waals surface area contributed by atoms with Crippen LogP contribution in [0.5, 0.6) is 0 Å². The van der Waals surface area contributed by atoms with E-state index in [9.17, 15) is 9.36 Å². The first kappa shape index (κ1) is 19.2. The first-order valence-corrected chi connectivity index (χ1v) is 13.4. The summed E-state index contributed by atoms with van der Waals surface area (Å²) in [5, 5.41) is 0. The fourth-order valence-corrected chi connectivity index (χ4v) is 10.2. The summed E-state index contributed by atoms with van der Waals surface area (Å²) in [5.74, 6) is 2.46. The van der Waals surface area contributed by atoms with Gasteiger partial charge in [0.15, 0.2) is 5.78 Å². The Morgan fingerprint density at radius 3 is 2.38 bits per heavy atom. The Morgan fingerprint density at radius 2 is 1.69 bits per heavy atom. The highest BCUT2D eigenvalue weighted by atomic mass is 31.2. The Morgan fingerprint density at radius 1 is 0.966 bits per heavy atom. The molecule has 6 rings (SSSR count). The number of rotatable bonds is 4. The van der Waals surface area contributed by atoms with Crippen LogP contribution in [-0.2, 0) is 13.9 Å². The Bertz CT molecular complexity index is 803. The van der Waals surface area contributed by atoms with Gasteiger partial charge in [0.1, 0.15) is 0 Å². The summed E-state index contributed by atoms with van der Waals surface area (Å²) in [5.41, 5.74) is 1.83. The molecule has 0 aromatic heterocycles. The van der Waals surface area contributed by atoms with Gasteiger partial charge in [-0.3, -0.25) is 9.36 Å². The van der Waals surface area contributed by atoms with Crippen LogP contribution in [0.15, 0.2) is 11.6 Å². The van der Waals surface area contributed by atoms with Gasteiger partial charge in [0.05, 0.1) is 6.10 Å². The molecule has 0 radical (unpaired) electrons. The molecule has 4 aliphatic carbocycles. The van der Waals surface area contributed by atoms with E-state index in [0.717, 1.165) is 57.8 Å². The number of carbonyl (C=O) groups excluding carboxylic acids is 1. The molecule has 0 amide bonds. The lowest BCUT2D eigenvalue weighted by Gasteiger charge is -2.58. The normalized spacial score (nSPS) is 47.2. The minimum Gasteiger partial charge on any atom is -0.302 e. The molecule has 2 saturated heterocycles. The molecular weight excluding hydrogens is 383 g/mol. The van der Waals surface area contributed by atoms with Gasteiger partial charge in [-0.1, -0.05) is 19.4 Å². The fraction of sp³-hybridized carbons (Fsp3) is 0.870. The van der Waals surface area contributed by atoms with E-state index in [1.807, 2.05) is 6.08 Å². The van der Waals surface area contributed by atoms with Gasteiger partial charge in [-0.05, 0) is 79.6 Å². The summed E-state index contributed by atoms with van der Waals surface area (Å²) in [4.78, 5) is 12.0. The number of fused-ring (bicyclic) bond motifs is 5. The summed E-state index contributed by atoms with van der Waals surface area (Å²) in [6, 6.07) is 0. The van der Waals surface area contributed by atoms with Crippen LogP contribution in [0.4, 0.5) is 0 Å². The third kappa shape index (κ3) is 2.76. The Labute approximate surface area is 174 Å². The van der Waals surface area contributed by atoms with Crippen molar-refractivity contribution in [3.8, 4) is 0 Å². The van der Waals surface area contributed by atoms with Crippen LogP contribution < -0.4 is 0 Å². The summed E-state index contributed by atoms with van der Waals surface area (Å²) >= 11 is 0. The molecule has 5 nitrogen and oxygen atoms in total. The molecule has 0 aromatic carbocycles. The van der Waals surface area contributed by atoms with Crippen LogP contribution in [-0.4, -0.2) is 47.4 Å². The van der Waals surface area contributed by atoms with Crippen molar-refractivity contribution in [1.29, 1.82) is 0 Å². The van der Waals surface area contributed by atoms with Gasteiger partial charge in [0.2, 0.25) is 0 Å². The van der Waals surface area contributed by atoms with Crippen LogP contribution in [0, 0.1) is 28.6 Å². The predicted molar refractivity (Wildman–Crippen MR) is 112 cm³/mol. The van der Waals surface area contributed by atoms with Crippen molar-refractivity contribution in [2.45, 2.75) is 71.3 Å². The molecule has 29 heavy (non-hydrogen) atoms. The first-order chi connectivity index (χ1) is 13.8. The van der Waals surface area contributed by atoms with Crippen LogP contribution in [0.2, 0.25) is 0 Å². The van der Waals surface area contributed by atoms with Gasteiger partial charge in [-0.2, -0.15) is 0 Å². The molecule has 5 fully saturated rings. The van der Waals surface area contributed by atoms with Crippen LogP contribution in [0.3, 0.4) is 0 Å². The lowest BCUT2D eigenvalue weighted by atomic mass is 9.47. The summed E-state index contributed by atoms with van der Waals surface area (Å²) in [7, 11) is -2.76. The van der Waals surface area contributed by atoms with Crippen molar-refractivity contribution in [1.82, 2.24) is 9.34 Å². The molecule has 2 aliphatic heterocycles. The van der Waals surface area contributed by atoms with E-state index in [1.165, 1.54) is 31.3 Å². The van der Waals surface area contributed by atoms with Gasteiger partial charge in [0.25, 0.3) is 0 Å². The molecule has 0 bridgehead atoms. The van der Waals surface area contributed by atoms with E-state index in [-0.39, 0.29) is 16.9 Å². The maximum absolute atomic E-state index is 13.7. The van der Waals surface area contributed by atoms with Crippen LogP contribution in [0.25, 0.3) is 0 Å². The second-order valence-electron chi connectivity index (χ2n) is 11.1. The van der Waals surface area contributed by atoms with Gasteiger partial charge in [-0.15, -0.1) is 0 Å². The number of nitrogens with zero attached hydrogens (tertiary/aromatic N) is 2. The number of hydrogen-bond acceptors (Lipinski definition) is 3. The minimum absolute atomic E-state index is 0.137. The Balaban J connectivity index is 1.26. The molecule has 0 unspecified atom stereocenters. The second-order valence-corrected chi connectivity index (χ2v) is 13.4. The zero-order chi connectivity index (χ0) is 20.0. The highest BCUT2D eigenvalue weighted by Crippen LogP contribution is 2.69. The fourth-order valence-electron chi connectivity index (χ4n) is 7.76. The number of hydrogen-bond donors (Lipinski definition) is 0. The SMILES string of the molecule is C[C@]12CC[C@H]3[C@@H](CCC4=CC(=O)CC[C@@]43C)[C@@H]1CC[C@@H]2OP(=O)(N1CC1)N1CC1. The zero-order valence-electron chi connectivity index (χ0n) is 17.9. The molecule has 2 heterocycles. The van der Waals surface area contributed by atoms with Crippen molar-refractivity contribution in [3.63, 3.8) is 0 Å². The van der Waals surface area contributed by atoms with Crippen molar-refractivity contribution >= 4 is 13.5 Å². The summed E-state index contributed by atoms with van der Waals surface area (Å²) in [6.07, 6.45) is 10.9. The quantitative estimate of drug-likeness (QED) is 0.492. The molecule has 0 spiro atoms. The molecule has 3 saturated carbocycles. The van der Waals surface area contributed by atoms with Gasteiger partial charge in [0, 0.05) is 32.6 Å². The highest BCUT2D eigenvalue weighted by Gasteiger charge is 2.61. The molecular formula is C23H35N2O3P. The Hall–Kier alpha value is -0.480. The topological polar surface area (TPSA) is 49.4 Å². The largest absolute Gasteiger partial charge is 0.346 e. The maximum Gasteiger partial charge on any atom is 0.346 e. The molecule has 160 valence electrons. The lowest BCUT2D eigenvalue weighted by molar-refractivity contribution is -0.117. The molecule has 0 aromatic rings. The van der Waals surface area contributed by atoms with E-state index in [0.29, 0.717) is 17.6 Å². The van der Waals surface area contributed by atoms with Crippen LogP contribution >= 0.6 is 7.67 Å². The van der Waals surface area contributed by atoms with Crippen molar-refractivity contribution in [3.05, 3.63) is 11.6 Å². The number of carbonyl (C=O) groups is 1. The van der Waals surface area contributed by atoms with E-state index in [1.54, 1.807) is 0 Å². The maximum atomic E-state index is 13.7. The molecule has 0 N–H and O–H groups in total. The van der Waals surface area contributed by atoms with E-state index in [2.05, 4.69) is 23.2 Å². The van der Waals surface area contributed by atoms with E-state index < -0.39 is 7.67 Å². The van der Waals surface area contributed by atoms with Crippen LogP contribution in [0.1, 0.15) is 65.2 Å². The summed E-state index contributed by atoms with van der Waals surface area (Å²) in [6.45, 7) is 8.60. The molecule has 6 aliphatic rings. The third-order valence-electron chi connectivity index (χ3n) is 9.70.